The van der Waals surface area contributed by atoms with Crippen LogP contribution in [0.5, 0.6) is 11.5 Å². The van der Waals surface area contributed by atoms with Gasteiger partial charge in [-0.3, -0.25) is 13.9 Å². The van der Waals surface area contributed by atoms with Gasteiger partial charge in [0.2, 0.25) is 21.8 Å². The van der Waals surface area contributed by atoms with E-state index < -0.39 is 28.5 Å². The summed E-state index contributed by atoms with van der Waals surface area (Å²) in [6.07, 6.45) is 1.04. The van der Waals surface area contributed by atoms with Crippen molar-refractivity contribution in [3.63, 3.8) is 0 Å². The summed E-state index contributed by atoms with van der Waals surface area (Å²) < 4.78 is 36.9. The minimum atomic E-state index is -3.79. The average molecular weight is 506 g/mol. The maximum atomic E-state index is 13.5. The monoisotopic (exact) mass is 505 g/mol. The van der Waals surface area contributed by atoms with Gasteiger partial charge < -0.3 is 19.7 Å². The number of hydrogen-bond donors (Lipinski definition) is 1. The zero-order valence-electron chi connectivity index (χ0n) is 21.1. The van der Waals surface area contributed by atoms with E-state index in [4.69, 9.17) is 9.47 Å². The van der Waals surface area contributed by atoms with Crippen LogP contribution in [-0.4, -0.2) is 63.7 Å². The topological polar surface area (TPSA) is 105 Å². The van der Waals surface area contributed by atoms with Crippen LogP contribution in [0.4, 0.5) is 5.69 Å². The number of nitrogens with zero attached hydrogens (tertiary/aromatic N) is 2. The number of carbonyl (C=O) groups is 2. The minimum Gasteiger partial charge on any atom is -0.497 e. The van der Waals surface area contributed by atoms with E-state index in [0.29, 0.717) is 23.8 Å². The Kier molecular flexibility index (Phi) is 9.94. The Labute approximate surface area is 208 Å². The Bertz CT molecular complexity index is 1090. The van der Waals surface area contributed by atoms with E-state index in [1.807, 2.05) is 20.8 Å². The summed E-state index contributed by atoms with van der Waals surface area (Å²) in [5.41, 5.74) is 1.10. The van der Waals surface area contributed by atoms with Gasteiger partial charge in [0.25, 0.3) is 0 Å². The Hall–Kier alpha value is -3.27. The standard InChI is InChI=1S/C25H35N3O6S/c1-7-34-23-14-10-21(11-15-23)28(35(6,31)32)17-24(29)27(19(4)25(30)26-18(2)3)16-20-8-12-22(33-5)13-9-20/h8-15,18-19H,7,16-17H2,1-6H3,(H,26,30). The lowest BCUT2D eigenvalue weighted by molar-refractivity contribution is -0.139. The van der Waals surface area contributed by atoms with Crippen LogP contribution in [-0.2, 0) is 26.2 Å². The zero-order chi connectivity index (χ0) is 26.2. The molecule has 1 unspecified atom stereocenters. The minimum absolute atomic E-state index is 0.112. The Morgan fingerprint density at radius 1 is 0.971 bits per heavy atom. The number of benzene rings is 2. The fourth-order valence-electron chi connectivity index (χ4n) is 3.40. The van der Waals surface area contributed by atoms with Crippen molar-refractivity contribution in [2.24, 2.45) is 0 Å². The van der Waals surface area contributed by atoms with Gasteiger partial charge in [-0.1, -0.05) is 12.1 Å². The number of rotatable bonds is 12. The molecule has 35 heavy (non-hydrogen) atoms. The molecule has 0 aliphatic rings. The number of methoxy groups -OCH3 is 1. The van der Waals surface area contributed by atoms with E-state index in [1.54, 1.807) is 62.6 Å². The highest BCUT2D eigenvalue weighted by molar-refractivity contribution is 7.92. The molecule has 0 spiro atoms. The van der Waals surface area contributed by atoms with Crippen molar-refractivity contribution in [3.8, 4) is 11.5 Å². The first-order chi connectivity index (χ1) is 16.5. The van der Waals surface area contributed by atoms with Crippen molar-refractivity contribution in [2.75, 3.05) is 30.8 Å². The predicted molar refractivity (Wildman–Crippen MR) is 136 cm³/mol. The second-order valence-electron chi connectivity index (χ2n) is 8.41. The van der Waals surface area contributed by atoms with Crippen LogP contribution in [0.3, 0.4) is 0 Å². The molecule has 0 aromatic heterocycles. The van der Waals surface area contributed by atoms with Gasteiger partial charge in [-0.2, -0.15) is 0 Å². The molecule has 1 N–H and O–H groups in total. The van der Waals surface area contributed by atoms with Crippen molar-refractivity contribution in [3.05, 3.63) is 54.1 Å². The Balaban J connectivity index is 2.36. The molecule has 10 heteroatoms. The first-order valence-corrected chi connectivity index (χ1v) is 13.2. The van der Waals surface area contributed by atoms with Gasteiger partial charge in [-0.05, 0) is 69.7 Å². The first-order valence-electron chi connectivity index (χ1n) is 11.4. The summed E-state index contributed by atoms with van der Waals surface area (Å²) in [6, 6.07) is 12.7. The Morgan fingerprint density at radius 3 is 2.03 bits per heavy atom. The number of hydrogen-bond acceptors (Lipinski definition) is 6. The van der Waals surface area contributed by atoms with Crippen LogP contribution in [0, 0.1) is 0 Å². The third kappa shape index (κ3) is 8.17. The van der Waals surface area contributed by atoms with Crippen molar-refractivity contribution in [1.82, 2.24) is 10.2 Å². The molecule has 0 bridgehead atoms. The van der Waals surface area contributed by atoms with E-state index in [-0.39, 0.29) is 18.5 Å². The first kappa shape index (κ1) is 28.0. The number of nitrogens with one attached hydrogen (secondary N) is 1. The second kappa shape index (κ2) is 12.4. The molecule has 0 heterocycles. The van der Waals surface area contributed by atoms with Crippen LogP contribution in [0.2, 0.25) is 0 Å². The van der Waals surface area contributed by atoms with Crippen LogP contribution < -0.4 is 19.1 Å². The van der Waals surface area contributed by atoms with Crippen LogP contribution >= 0.6 is 0 Å². The van der Waals surface area contributed by atoms with Crippen LogP contribution in [0.1, 0.15) is 33.3 Å². The maximum Gasteiger partial charge on any atom is 0.244 e. The maximum absolute atomic E-state index is 13.5. The summed E-state index contributed by atoms with van der Waals surface area (Å²) in [4.78, 5) is 27.6. The lowest BCUT2D eigenvalue weighted by atomic mass is 10.1. The van der Waals surface area contributed by atoms with Gasteiger partial charge in [0, 0.05) is 12.6 Å². The fourth-order valence-corrected chi connectivity index (χ4v) is 4.25. The fraction of sp³-hybridized carbons (Fsp3) is 0.440. The SMILES string of the molecule is CCOc1ccc(N(CC(=O)N(Cc2ccc(OC)cc2)C(C)C(=O)NC(C)C)S(C)(=O)=O)cc1. The molecule has 9 nitrogen and oxygen atoms in total. The van der Waals surface area contributed by atoms with Crippen molar-refractivity contribution in [2.45, 2.75) is 46.3 Å². The number of amides is 2. The highest BCUT2D eigenvalue weighted by Gasteiger charge is 2.30. The molecule has 1 atom stereocenters. The summed E-state index contributed by atoms with van der Waals surface area (Å²) in [5, 5.41) is 2.82. The highest BCUT2D eigenvalue weighted by Crippen LogP contribution is 2.23. The van der Waals surface area contributed by atoms with Gasteiger partial charge >= 0.3 is 0 Å². The third-order valence-electron chi connectivity index (χ3n) is 5.23. The molecular formula is C25H35N3O6S. The van der Waals surface area contributed by atoms with Crippen LogP contribution in [0.15, 0.2) is 48.5 Å². The van der Waals surface area contributed by atoms with E-state index >= 15 is 0 Å². The molecule has 0 aliphatic carbocycles. The predicted octanol–water partition coefficient (Wildman–Crippen LogP) is 2.80. The molecular weight excluding hydrogens is 470 g/mol. The van der Waals surface area contributed by atoms with Gasteiger partial charge in [0.15, 0.2) is 0 Å². The van der Waals surface area contributed by atoms with E-state index in [1.165, 1.54) is 4.90 Å². The Morgan fingerprint density at radius 2 is 1.54 bits per heavy atom. The van der Waals surface area contributed by atoms with E-state index in [9.17, 15) is 18.0 Å². The summed E-state index contributed by atoms with van der Waals surface area (Å²) in [6.45, 7) is 7.28. The highest BCUT2D eigenvalue weighted by atomic mass is 32.2. The van der Waals surface area contributed by atoms with Crippen molar-refractivity contribution >= 4 is 27.5 Å². The summed E-state index contributed by atoms with van der Waals surface area (Å²) in [7, 11) is -2.23. The molecule has 2 aromatic carbocycles. The van der Waals surface area contributed by atoms with Crippen molar-refractivity contribution in [1.29, 1.82) is 0 Å². The van der Waals surface area contributed by atoms with Crippen molar-refractivity contribution < 1.29 is 27.5 Å². The molecule has 2 amide bonds. The molecule has 192 valence electrons. The molecule has 0 saturated heterocycles. The molecule has 2 rings (SSSR count). The number of ether oxygens (including phenoxy) is 2. The molecule has 0 saturated carbocycles. The number of anilines is 1. The molecule has 0 fully saturated rings. The molecule has 0 aliphatic heterocycles. The summed E-state index contributed by atoms with van der Waals surface area (Å²) >= 11 is 0. The third-order valence-corrected chi connectivity index (χ3v) is 6.37. The molecule has 2 aromatic rings. The normalized spacial score (nSPS) is 12.1. The van der Waals surface area contributed by atoms with Gasteiger partial charge in [-0.25, -0.2) is 8.42 Å². The number of sulfonamides is 1. The zero-order valence-corrected chi connectivity index (χ0v) is 22.0. The van der Waals surface area contributed by atoms with Gasteiger partial charge in [-0.15, -0.1) is 0 Å². The number of carbonyl (C=O) groups excluding carboxylic acids is 2. The average Bonchev–Trinajstić information content (AvgIpc) is 2.80. The lowest BCUT2D eigenvalue weighted by Crippen LogP contribution is -2.52. The largest absolute Gasteiger partial charge is 0.497 e. The van der Waals surface area contributed by atoms with Gasteiger partial charge in [0.1, 0.15) is 24.1 Å². The molecule has 0 radical (unpaired) electrons. The lowest BCUT2D eigenvalue weighted by Gasteiger charge is -2.32. The van der Waals surface area contributed by atoms with E-state index in [2.05, 4.69) is 5.32 Å². The van der Waals surface area contributed by atoms with Gasteiger partial charge in [0.05, 0.1) is 25.7 Å². The summed E-state index contributed by atoms with van der Waals surface area (Å²) in [5.74, 6) is 0.424. The quantitative estimate of drug-likeness (QED) is 0.476. The smallest absolute Gasteiger partial charge is 0.244 e. The van der Waals surface area contributed by atoms with E-state index in [0.717, 1.165) is 16.1 Å². The van der Waals surface area contributed by atoms with Crippen LogP contribution in [0.25, 0.3) is 0 Å². The second-order valence-corrected chi connectivity index (χ2v) is 10.3.